The first-order valence-corrected chi connectivity index (χ1v) is 4.78. The van der Waals surface area contributed by atoms with Crippen LogP contribution < -0.4 is 0 Å². The third kappa shape index (κ3) is 0.681. The molecule has 0 aromatic carbocycles. The van der Waals surface area contributed by atoms with E-state index in [9.17, 15) is 9.50 Å². The lowest BCUT2D eigenvalue weighted by Crippen LogP contribution is -2.38. The Morgan fingerprint density at radius 3 is 2.42 bits per heavy atom. The first kappa shape index (κ1) is 8.49. The van der Waals surface area contributed by atoms with Gasteiger partial charge >= 0.3 is 0 Å². The summed E-state index contributed by atoms with van der Waals surface area (Å²) < 4.78 is 12.9. The van der Waals surface area contributed by atoms with Gasteiger partial charge in [0.2, 0.25) is 0 Å². The maximum Gasteiger partial charge on any atom is 0.0956 e. The van der Waals surface area contributed by atoms with Crippen LogP contribution >= 0.6 is 0 Å². The van der Waals surface area contributed by atoms with Crippen LogP contribution in [0.3, 0.4) is 0 Å². The van der Waals surface area contributed by atoms with Gasteiger partial charge in [-0.15, -0.1) is 0 Å². The van der Waals surface area contributed by atoms with Gasteiger partial charge in [-0.2, -0.15) is 0 Å². The zero-order chi connectivity index (χ0) is 8.98. The molecule has 2 aliphatic carbocycles. The highest BCUT2D eigenvalue weighted by atomic mass is 19.1. The van der Waals surface area contributed by atoms with Crippen molar-refractivity contribution in [2.75, 3.05) is 6.67 Å². The number of hydrogen-bond acceptors (Lipinski definition) is 1. The topological polar surface area (TPSA) is 20.2 Å². The van der Waals surface area contributed by atoms with Crippen molar-refractivity contribution >= 4 is 0 Å². The van der Waals surface area contributed by atoms with E-state index in [-0.39, 0.29) is 23.6 Å². The average molecular weight is 172 g/mol. The molecule has 2 rings (SSSR count). The van der Waals surface area contributed by atoms with E-state index in [0.717, 1.165) is 19.3 Å². The van der Waals surface area contributed by atoms with Gasteiger partial charge in [-0.25, -0.2) is 0 Å². The van der Waals surface area contributed by atoms with Gasteiger partial charge in [-0.1, -0.05) is 13.8 Å². The van der Waals surface area contributed by atoms with Crippen molar-refractivity contribution in [2.24, 2.45) is 16.7 Å². The number of halogens is 1. The van der Waals surface area contributed by atoms with Crippen LogP contribution in [0.5, 0.6) is 0 Å². The second kappa shape index (κ2) is 2.22. The third-order valence-corrected chi connectivity index (χ3v) is 4.74. The SMILES string of the molecule is C[C@]1(CF)[C@H]2CC[C@]1(C)[C@@H](O)C2. The molecule has 1 nitrogen and oxygen atoms in total. The van der Waals surface area contributed by atoms with Gasteiger partial charge in [0.15, 0.2) is 0 Å². The fourth-order valence-electron chi connectivity index (χ4n) is 3.26. The molecule has 2 saturated carbocycles. The molecule has 0 heterocycles. The molecule has 4 atom stereocenters. The minimum Gasteiger partial charge on any atom is -0.393 e. The molecule has 0 unspecified atom stereocenters. The third-order valence-electron chi connectivity index (χ3n) is 4.74. The summed E-state index contributed by atoms with van der Waals surface area (Å²) in [5.74, 6) is 0.419. The van der Waals surface area contributed by atoms with E-state index >= 15 is 0 Å². The minimum atomic E-state index is -0.273. The van der Waals surface area contributed by atoms with E-state index in [1.165, 1.54) is 0 Å². The van der Waals surface area contributed by atoms with E-state index in [0.29, 0.717) is 5.92 Å². The molecule has 0 aromatic heterocycles. The number of aliphatic hydroxyl groups is 1. The van der Waals surface area contributed by atoms with E-state index in [1.807, 2.05) is 13.8 Å². The highest BCUT2D eigenvalue weighted by molar-refractivity contribution is 5.12. The lowest BCUT2D eigenvalue weighted by atomic mass is 9.69. The van der Waals surface area contributed by atoms with Crippen LogP contribution in [-0.2, 0) is 0 Å². The summed E-state index contributed by atoms with van der Waals surface area (Å²) in [4.78, 5) is 0. The molecule has 2 aliphatic rings. The molecule has 0 aliphatic heterocycles. The molecule has 2 bridgehead atoms. The summed E-state index contributed by atoms with van der Waals surface area (Å²) in [5, 5.41) is 9.78. The Bertz CT molecular complexity index is 204. The Balaban J connectivity index is 2.38. The monoisotopic (exact) mass is 172 g/mol. The van der Waals surface area contributed by atoms with Crippen molar-refractivity contribution in [1.82, 2.24) is 0 Å². The van der Waals surface area contributed by atoms with Crippen LogP contribution in [0.25, 0.3) is 0 Å². The summed E-state index contributed by atoms with van der Waals surface area (Å²) in [6.45, 7) is 3.77. The fourth-order valence-corrected chi connectivity index (χ4v) is 3.26. The smallest absolute Gasteiger partial charge is 0.0956 e. The maximum atomic E-state index is 12.9. The highest BCUT2D eigenvalue weighted by Gasteiger charge is 2.63. The van der Waals surface area contributed by atoms with Crippen LogP contribution in [0.15, 0.2) is 0 Å². The summed E-state index contributed by atoms with van der Waals surface area (Å²) in [6.07, 6.45) is 2.65. The van der Waals surface area contributed by atoms with E-state index < -0.39 is 0 Å². The highest BCUT2D eigenvalue weighted by Crippen LogP contribution is 2.65. The largest absolute Gasteiger partial charge is 0.393 e. The molecular weight excluding hydrogens is 155 g/mol. The van der Waals surface area contributed by atoms with Crippen LogP contribution in [0, 0.1) is 16.7 Å². The van der Waals surface area contributed by atoms with Gasteiger partial charge in [0.25, 0.3) is 0 Å². The molecule has 0 spiro atoms. The van der Waals surface area contributed by atoms with Crippen LogP contribution in [0.2, 0.25) is 0 Å². The van der Waals surface area contributed by atoms with Crippen molar-refractivity contribution in [3.05, 3.63) is 0 Å². The zero-order valence-corrected chi connectivity index (χ0v) is 7.81. The van der Waals surface area contributed by atoms with Crippen LogP contribution in [0.4, 0.5) is 4.39 Å². The predicted molar refractivity (Wildman–Crippen MR) is 45.5 cm³/mol. The summed E-state index contributed by atoms with van der Waals surface area (Å²) in [5.41, 5.74) is -0.390. The second-order valence-corrected chi connectivity index (χ2v) is 4.96. The van der Waals surface area contributed by atoms with E-state index in [1.54, 1.807) is 0 Å². The molecule has 12 heavy (non-hydrogen) atoms. The molecule has 0 aromatic rings. The number of fused-ring (bicyclic) bond motifs is 2. The number of hydrogen-bond donors (Lipinski definition) is 1. The maximum absolute atomic E-state index is 12.9. The standard InChI is InChI=1S/C10H17FO/c1-9-4-3-7(5-8(9)12)10(9,2)6-11/h7-8,12H,3-6H2,1-2H3/t7-,8-,9+,10-/m0/s1. The van der Waals surface area contributed by atoms with Gasteiger partial charge in [0.05, 0.1) is 12.8 Å². The average Bonchev–Trinajstić information content (AvgIpc) is 2.39. The second-order valence-electron chi connectivity index (χ2n) is 4.96. The number of alkyl halides is 1. The summed E-state index contributed by atoms with van der Waals surface area (Å²) in [7, 11) is 0. The van der Waals surface area contributed by atoms with Gasteiger partial charge in [-0.05, 0) is 25.2 Å². The van der Waals surface area contributed by atoms with Gasteiger partial charge in [0.1, 0.15) is 0 Å². The Labute approximate surface area is 73.0 Å². The minimum absolute atomic E-state index is 0.146. The van der Waals surface area contributed by atoms with Gasteiger partial charge in [0, 0.05) is 10.8 Å². The van der Waals surface area contributed by atoms with Crippen molar-refractivity contribution in [3.63, 3.8) is 0 Å². The normalized spacial score (nSPS) is 58.0. The lowest BCUT2D eigenvalue weighted by molar-refractivity contribution is -0.00522. The zero-order valence-electron chi connectivity index (χ0n) is 7.81. The Morgan fingerprint density at radius 2 is 2.17 bits per heavy atom. The van der Waals surface area contributed by atoms with Crippen LogP contribution in [0.1, 0.15) is 33.1 Å². The molecule has 70 valence electrons. The Hall–Kier alpha value is -0.110. The predicted octanol–water partition coefficient (Wildman–Crippen LogP) is 2.14. The van der Waals surface area contributed by atoms with Crippen molar-refractivity contribution in [3.8, 4) is 0 Å². The van der Waals surface area contributed by atoms with E-state index in [4.69, 9.17) is 0 Å². The number of aliphatic hydroxyl groups excluding tert-OH is 1. The Kier molecular flexibility index (Phi) is 1.57. The first-order valence-electron chi connectivity index (χ1n) is 4.78. The quantitative estimate of drug-likeness (QED) is 0.642. The Morgan fingerprint density at radius 1 is 1.50 bits per heavy atom. The molecule has 1 N–H and O–H groups in total. The van der Waals surface area contributed by atoms with Crippen molar-refractivity contribution in [2.45, 2.75) is 39.2 Å². The molecular formula is C10H17FO. The van der Waals surface area contributed by atoms with E-state index in [2.05, 4.69) is 0 Å². The van der Waals surface area contributed by atoms with Gasteiger partial charge in [-0.3, -0.25) is 4.39 Å². The van der Waals surface area contributed by atoms with Gasteiger partial charge < -0.3 is 5.11 Å². The summed E-state index contributed by atoms with van der Waals surface area (Å²) in [6, 6.07) is 0. The van der Waals surface area contributed by atoms with Crippen LogP contribution in [-0.4, -0.2) is 17.9 Å². The summed E-state index contributed by atoms with van der Waals surface area (Å²) >= 11 is 0. The van der Waals surface area contributed by atoms with Crippen molar-refractivity contribution < 1.29 is 9.50 Å². The lowest BCUT2D eigenvalue weighted by Gasteiger charge is -2.37. The molecule has 2 heteroatoms. The molecule has 0 saturated heterocycles. The van der Waals surface area contributed by atoms with Crippen molar-refractivity contribution in [1.29, 1.82) is 0 Å². The fraction of sp³-hybridized carbons (Fsp3) is 1.00. The first-order chi connectivity index (χ1) is 5.54. The molecule has 0 amide bonds. The molecule has 0 radical (unpaired) electrons. The number of rotatable bonds is 1. The molecule has 2 fully saturated rings.